The lowest BCUT2D eigenvalue weighted by molar-refractivity contribution is 0.311. The Hall–Kier alpha value is -1.15. The highest BCUT2D eigenvalue weighted by Crippen LogP contribution is 2.37. The van der Waals surface area contributed by atoms with Gasteiger partial charge < -0.3 is 4.43 Å². The average molecular weight is 465 g/mol. The summed E-state index contributed by atoms with van der Waals surface area (Å²) in [4.78, 5) is 1.20. The van der Waals surface area contributed by atoms with Crippen LogP contribution in [0.2, 0.25) is 18.1 Å². The summed E-state index contributed by atoms with van der Waals surface area (Å²) < 4.78 is 9.34. The van der Waals surface area contributed by atoms with Gasteiger partial charge in [-0.3, -0.25) is 4.40 Å². The number of halogens is 1. The van der Waals surface area contributed by atoms with Crippen LogP contribution in [-0.4, -0.2) is 35.3 Å². The molecule has 0 saturated heterocycles. The Kier molecular flexibility index (Phi) is 6.15. The van der Waals surface area contributed by atoms with Crippen LogP contribution in [0.25, 0.3) is 17.0 Å². The maximum absolute atomic E-state index is 6.31. The maximum Gasteiger partial charge on any atom is 0.192 e. The lowest BCUT2D eigenvalue weighted by atomic mass is 10.2. The number of fused-ring (bicyclic) bond motifs is 1. The predicted octanol–water partition coefficient (Wildman–Crippen LogP) is 6.27. The third-order valence-electron chi connectivity index (χ3n) is 5.10. The van der Waals surface area contributed by atoms with Gasteiger partial charge in [0.15, 0.2) is 19.8 Å². The molecule has 0 radical (unpaired) electrons. The molecule has 27 heavy (non-hydrogen) atoms. The number of nitrogens with zero attached hydrogens (tertiary/aromatic N) is 3. The minimum Gasteiger partial charge on any atom is -0.416 e. The van der Waals surface area contributed by atoms with Crippen LogP contribution in [0.15, 0.2) is 52.0 Å². The van der Waals surface area contributed by atoms with E-state index in [1.807, 2.05) is 40.6 Å². The van der Waals surface area contributed by atoms with E-state index in [1.54, 1.807) is 0 Å². The fourth-order valence-electron chi connectivity index (χ4n) is 2.49. The van der Waals surface area contributed by atoms with Gasteiger partial charge in [-0.1, -0.05) is 39.0 Å². The first-order chi connectivity index (χ1) is 12.7. The van der Waals surface area contributed by atoms with Crippen molar-refractivity contribution in [2.75, 3.05) is 12.4 Å². The summed E-state index contributed by atoms with van der Waals surface area (Å²) in [6, 6.07) is 12.3. The Labute approximate surface area is 175 Å². The Morgan fingerprint density at radius 2 is 1.85 bits per heavy atom. The Balaban J connectivity index is 1.76. The molecule has 3 aromatic rings. The highest BCUT2D eigenvalue weighted by molar-refractivity contribution is 9.10. The Morgan fingerprint density at radius 3 is 2.59 bits per heavy atom. The van der Waals surface area contributed by atoms with Gasteiger partial charge in [0.05, 0.1) is 0 Å². The molecule has 2 heterocycles. The smallest absolute Gasteiger partial charge is 0.192 e. The number of hydrogen-bond acceptors (Lipinski definition) is 4. The van der Waals surface area contributed by atoms with Gasteiger partial charge in [0.1, 0.15) is 0 Å². The average Bonchev–Trinajstić information content (AvgIpc) is 3.01. The number of aromatic nitrogens is 3. The highest BCUT2D eigenvalue weighted by atomic mass is 79.9. The van der Waals surface area contributed by atoms with E-state index in [1.165, 1.54) is 4.90 Å². The van der Waals surface area contributed by atoms with Crippen molar-refractivity contribution in [2.24, 2.45) is 0 Å². The summed E-state index contributed by atoms with van der Waals surface area (Å²) in [6.07, 6.45) is 2.01. The molecular formula is C20H26BrN3OSSi. The summed E-state index contributed by atoms with van der Waals surface area (Å²) in [5, 5.41) is 8.96. The van der Waals surface area contributed by atoms with E-state index in [-0.39, 0.29) is 5.04 Å². The largest absolute Gasteiger partial charge is 0.416 e. The number of thioether (sulfide) groups is 1. The number of rotatable bonds is 6. The summed E-state index contributed by atoms with van der Waals surface area (Å²) in [7, 11) is -1.70. The molecule has 0 N–H and O–H groups in total. The molecule has 0 aliphatic rings. The maximum atomic E-state index is 6.31. The van der Waals surface area contributed by atoms with E-state index in [9.17, 15) is 0 Å². The Bertz CT molecular complexity index is 936. The van der Waals surface area contributed by atoms with Crippen molar-refractivity contribution in [3.63, 3.8) is 0 Å². The van der Waals surface area contributed by atoms with Gasteiger partial charge in [-0.15, -0.1) is 22.0 Å². The molecule has 3 rings (SSSR count). The van der Waals surface area contributed by atoms with Crippen LogP contribution in [0.5, 0.6) is 0 Å². The molecule has 7 heteroatoms. The van der Waals surface area contributed by atoms with Crippen LogP contribution in [-0.2, 0) is 4.43 Å². The van der Waals surface area contributed by atoms with Gasteiger partial charge in [0.25, 0.3) is 0 Å². The molecule has 0 bridgehead atoms. The predicted molar refractivity (Wildman–Crippen MR) is 120 cm³/mol. The van der Waals surface area contributed by atoms with Crippen LogP contribution in [0.3, 0.4) is 0 Å². The van der Waals surface area contributed by atoms with Crippen LogP contribution in [0.1, 0.15) is 20.8 Å². The van der Waals surface area contributed by atoms with Gasteiger partial charge in [-0.2, -0.15) is 0 Å². The zero-order valence-electron chi connectivity index (χ0n) is 16.5. The van der Waals surface area contributed by atoms with Crippen molar-refractivity contribution in [3.05, 3.63) is 47.1 Å². The zero-order valence-corrected chi connectivity index (χ0v) is 19.9. The fraction of sp³-hybridized carbons (Fsp3) is 0.400. The molecule has 0 fully saturated rings. The zero-order chi connectivity index (χ0) is 19.7. The van der Waals surface area contributed by atoms with Crippen molar-refractivity contribution in [1.29, 1.82) is 0 Å². The summed E-state index contributed by atoms with van der Waals surface area (Å²) in [5.74, 6) is 1.78. The van der Waals surface area contributed by atoms with E-state index >= 15 is 0 Å². The fourth-order valence-corrected chi connectivity index (χ4v) is 4.90. The van der Waals surface area contributed by atoms with Gasteiger partial charge in [-0.05, 0) is 52.3 Å². The SMILES string of the molecule is CC(C)(C)[Si](C)(C)OCCSc1ccccc1-c1nnc2ccc(Br)cn12. The second-order valence-corrected chi connectivity index (χ2v) is 14.9. The molecule has 0 aliphatic carbocycles. The normalized spacial score (nSPS) is 12.7. The number of benzene rings is 1. The van der Waals surface area contributed by atoms with Crippen LogP contribution in [0, 0.1) is 0 Å². The molecule has 0 saturated carbocycles. The molecular weight excluding hydrogens is 438 g/mol. The lowest BCUT2D eigenvalue weighted by Gasteiger charge is -2.36. The van der Waals surface area contributed by atoms with E-state index in [2.05, 4.69) is 78.2 Å². The second kappa shape index (κ2) is 8.07. The van der Waals surface area contributed by atoms with Crippen molar-refractivity contribution < 1.29 is 4.43 Å². The number of pyridine rings is 1. The van der Waals surface area contributed by atoms with E-state index < -0.39 is 8.32 Å². The van der Waals surface area contributed by atoms with E-state index in [0.717, 1.165) is 33.9 Å². The minimum atomic E-state index is -1.70. The van der Waals surface area contributed by atoms with Gasteiger partial charge >= 0.3 is 0 Å². The van der Waals surface area contributed by atoms with Crippen LogP contribution >= 0.6 is 27.7 Å². The second-order valence-electron chi connectivity index (χ2n) is 8.05. The molecule has 0 unspecified atom stereocenters. The number of hydrogen-bond donors (Lipinski definition) is 0. The molecule has 1 aromatic carbocycles. The van der Waals surface area contributed by atoms with E-state index in [4.69, 9.17) is 4.43 Å². The first kappa shape index (κ1) is 20.6. The van der Waals surface area contributed by atoms with Gasteiger partial charge in [-0.25, -0.2) is 0 Å². The summed E-state index contributed by atoms with van der Waals surface area (Å²) in [5.41, 5.74) is 1.94. The van der Waals surface area contributed by atoms with Crippen LogP contribution in [0.4, 0.5) is 0 Å². The molecule has 2 aromatic heterocycles. The van der Waals surface area contributed by atoms with Crippen molar-refractivity contribution >= 4 is 41.7 Å². The quantitative estimate of drug-likeness (QED) is 0.245. The minimum absolute atomic E-state index is 0.239. The first-order valence-corrected chi connectivity index (χ1v) is 13.7. The third-order valence-corrected chi connectivity index (χ3v) is 11.1. The van der Waals surface area contributed by atoms with Crippen LogP contribution < -0.4 is 0 Å². The molecule has 0 spiro atoms. The van der Waals surface area contributed by atoms with Crippen molar-refractivity contribution in [3.8, 4) is 11.4 Å². The third kappa shape index (κ3) is 4.64. The molecule has 0 atom stereocenters. The molecule has 144 valence electrons. The van der Waals surface area contributed by atoms with Gasteiger partial charge in [0, 0.05) is 33.5 Å². The van der Waals surface area contributed by atoms with Crippen molar-refractivity contribution in [2.45, 2.75) is 43.8 Å². The van der Waals surface area contributed by atoms with E-state index in [0.29, 0.717) is 0 Å². The monoisotopic (exact) mass is 463 g/mol. The first-order valence-electron chi connectivity index (χ1n) is 9.05. The topological polar surface area (TPSA) is 39.4 Å². The summed E-state index contributed by atoms with van der Waals surface area (Å²) >= 11 is 5.35. The molecule has 4 nitrogen and oxygen atoms in total. The molecule has 0 amide bonds. The molecule has 0 aliphatic heterocycles. The highest BCUT2D eigenvalue weighted by Gasteiger charge is 2.36. The van der Waals surface area contributed by atoms with Crippen molar-refractivity contribution in [1.82, 2.24) is 14.6 Å². The summed E-state index contributed by atoms with van der Waals surface area (Å²) in [6.45, 7) is 12.2. The van der Waals surface area contributed by atoms with Gasteiger partial charge in [0.2, 0.25) is 0 Å². The lowest BCUT2D eigenvalue weighted by Crippen LogP contribution is -2.41. The standard InChI is InChI=1S/C20H26BrN3OSSi/c1-20(2,3)27(4,5)25-12-13-26-17-9-7-6-8-16(17)19-23-22-18-11-10-15(21)14-24(18)19/h6-11,14H,12-13H2,1-5H3. The Morgan fingerprint density at radius 1 is 1.11 bits per heavy atom.